The molecular formula is C16H22NSSn+. The third kappa shape index (κ3) is 3.47. The minimum absolute atomic E-state index is 0.138. The molecule has 19 heavy (non-hydrogen) atoms. The van der Waals surface area contributed by atoms with Crippen LogP contribution in [0.3, 0.4) is 0 Å². The minimum atomic E-state index is -1.56. The molecular weight excluding hydrogens is 357 g/mol. The van der Waals surface area contributed by atoms with E-state index < -0.39 is 18.4 Å². The van der Waals surface area contributed by atoms with Crippen molar-refractivity contribution in [3.05, 3.63) is 42.0 Å². The molecule has 0 saturated heterocycles. The Balaban J connectivity index is 2.58. The SMILES string of the molecule is CC[S][Sn+]([CH2]C)[c]1cc2ccccc2cc1C(C)N. The van der Waals surface area contributed by atoms with Crippen LogP contribution in [0.2, 0.25) is 4.44 Å². The van der Waals surface area contributed by atoms with Gasteiger partial charge in [-0.15, -0.1) is 0 Å². The molecule has 0 aliphatic heterocycles. The van der Waals surface area contributed by atoms with Gasteiger partial charge in [-0.2, -0.15) is 0 Å². The number of hydrogen-bond acceptors (Lipinski definition) is 2. The zero-order valence-corrected chi connectivity index (χ0v) is 15.6. The Morgan fingerprint density at radius 3 is 2.32 bits per heavy atom. The Morgan fingerprint density at radius 2 is 1.79 bits per heavy atom. The molecule has 2 N–H and O–H groups in total. The Kier molecular flexibility index (Phi) is 5.60. The first-order valence-corrected chi connectivity index (χ1v) is 14.9. The Morgan fingerprint density at radius 1 is 1.16 bits per heavy atom. The average molecular weight is 379 g/mol. The van der Waals surface area contributed by atoms with Crippen molar-refractivity contribution in [3.63, 3.8) is 0 Å². The van der Waals surface area contributed by atoms with E-state index in [-0.39, 0.29) is 6.04 Å². The Labute approximate surface area is 126 Å². The molecule has 1 nitrogen and oxygen atoms in total. The standard InChI is InChI=1S/C12H12N.C2H6S.C2H5.Sn/c1-9(13)11-7-6-10-4-2-3-5-12(10)8-11;1-2-3;1-2;/h2-6,8-9H,13H2,1H3;3H,2H2,1H3;1H2,2H3;/q;;;+2/p-1. The van der Waals surface area contributed by atoms with E-state index in [2.05, 4.69) is 66.1 Å². The fourth-order valence-electron chi connectivity index (χ4n) is 2.42. The summed E-state index contributed by atoms with van der Waals surface area (Å²) in [6, 6.07) is 13.5. The van der Waals surface area contributed by atoms with E-state index in [9.17, 15) is 0 Å². The number of fused-ring (bicyclic) bond motifs is 1. The normalized spacial score (nSPS) is 12.6. The van der Waals surface area contributed by atoms with Crippen molar-refractivity contribution in [2.45, 2.75) is 31.2 Å². The van der Waals surface area contributed by atoms with E-state index in [0.717, 1.165) is 0 Å². The van der Waals surface area contributed by atoms with E-state index in [1.54, 1.807) is 3.58 Å². The zero-order valence-electron chi connectivity index (χ0n) is 11.9. The Hall–Kier alpha value is -0.191. The summed E-state index contributed by atoms with van der Waals surface area (Å²) in [4.78, 5) is 0. The van der Waals surface area contributed by atoms with Gasteiger partial charge in [-0.05, 0) is 0 Å². The van der Waals surface area contributed by atoms with E-state index in [1.807, 2.05) is 0 Å². The average Bonchev–Trinajstić information content (AvgIpc) is 2.43. The number of nitrogens with two attached hydrogens (primary N) is 1. The molecule has 0 aromatic heterocycles. The van der Waals surface area contributed by atoms with Crippen molar-refractivity contribution < 1.29 is 0 Å². The van der Waals surface area contributed by atoms with Crippen LogP contribution in [0.25, 0.3) is 10.8 Å². The summed E-state index contributed by atoms with van der Waals surface area (Å²) in [7, 11) is 2.21. The van der Waals surface area contributed by atoms with Gasteiger partial charge in [0.2, 0.25) is 0 Å². The summed E-state index contributed by atoms with van der Waals surface area (Å²) in [5.41, 5.74) is 7.60. The molecule has 0 aliphatic carbocycles. The maximum absolute atomic E-state index is 6.22. The van der Waals surface area contributed by atoms with Gasteiger partial charge in [-0.3, -0.25) is 0 Å². The van der Waals surface area contributed by atoms with Crippen LogP contribution in [-0.4, -0.2) is 24.1 Å². The second kappa shape index (κ2) is 7.00. The molecule has 3 heteroatoms. The van der Waals surface area contributed by atoms with Crippen molar-refractivity contribution in [1.29, 1.82) is 0 Å². The van der Waals surface area contributed by atoms with Gasteiger partial charge < -0.3 is 0 Å². The van der Waals surface area contributed by atoms with Crippen LogP contribution < -0.4 is 9.31 Å². The van der Waals surface area contributed by atoms with Gasteiger partial charge in [0.25, 0.3) is 0 Å². The van der Waals surface area contributed by atoms with Crippen LogP contribution in [0.4, 0.5) is 0 Å². The molecule has 0 heterocycles. The monoisotopic (exact) mass is 380 g/mol. The maximum atomic E-state index is 6.22. The van der Waals surface area contributed by atoms with E-state index >= 15 is 0 Å². The first-order valence-electron chi connectivity index (χ1n) is 6.94. The summed E-state index contributed by atoms with van der Waals surface area (Å²) in [6.07, 6.45) is 0. The third-order valence-corrected chi connectivity index (χ3v) is 17.6. The quantitative estimate of drug-likeness (QED) is 0.800. The molecule has 0 saturated carbocycles. The van der Waals surface area contributed by atoms with Gasteiger partial charge in [0, 0.05) is 0 Å². The topological polar surface area (TPSA) is 26.0 Å². The second-order valence-corrected chi connectivity index (χ2v) is 17.4. The van der Waals surface area contributed by atoms with Crippen LogP contribution in [0.5, 0.6) is 0 Å². The molecule has 0 amide bonds. The molecule has 2 aromatic carbocycles. The zero-order chi connectivity index (χ0) is 13.8. The van der Waals surface area contributed by atoms with Gasteiger partial charge in [0.15, 0.2) is 0 Å². The predicted octanol–water partition coefficient (Wildman–Crippen LogP) is 3.83. The van der Waals surface area contributed by atoms with Crippen LogP contribution in [0.15, 0.2) is 36.4 Å². The summed E-state index contributed by atoms with van der Waals surface area (Å²) in [5, 5.41) is 2.68. The van der Waals surface area contributed by atoms with E-state index in [1.165, 1.54) is 26.5 Å². The summed E-state index contributed by atoms with van der Waals surface area (Å²) in [6.45, 7) is 6.73. The molecule has 100 valence electrons. The van der Waals surface area contributed by atoms with Crippen LogP contribution in [0.1, 0.15) is 32.4 Å². The third-order valence-electron chi connectivity index (χ3n) is 3.35. The Bertz CT molecular complexity index is 553. The summed E-state index contributed by atoms with van der Waals surface area (Å²) < 4.78 is 2.96. The number of hydrogen-bond donors (Lipinski definition) is 1. The van der Waals surface area contributed by atoms with Gasteiger partial charge >= 0.3 is 126 Å². The first-order chi connectivity index (χ1) is 9.17. The molecule has 0 radical (unpaired) electrons. The van der Waals surface area contributed by atoms with Crippen LogP contribution in [0, 0.1) is 0 Å². The summed E-state index contributed by atoms with van der Waals surface area (Å²) in [5.74, 6) is 1.23. The fourth-order valence-corrected chi connectivity index (χ4v) is 14.1. The predicted molar refractivity (Wildman–Crippen MR) is 90.6 cm³/mol. The number of benzene rings is 2. The van der Waals surface area contributed by atoms with Gasteiger partial charge in [0.05, 0.1) is 0 Å². The summed E-state index contributed by atoms with van der Waals surface area (Å²) >= 11 is -1.56. The van der Waals surface area contributed by atoms with Gasteiger partial charge in [0.1, 0.15) is 0 Å². The van der Waals surface area contributed by atoms with Crippen molar-refractivity contribution in [1.82, 2.24) is 0 Å². The van der Waals surface area contributed by atoms with Gasteiger partial charge in [-0.25, -0.2) is 0 Å². The van der Waals surface area contributed by atoms with Crippen LogP contribution >= 0.6 is 8.95 Å². The molecule has 0 aliphatic rings. The fraction of sp³-hybridized carbons (Fsp3) is 0.375. The van der Waals surface area contributed by atoms with Gasteiger partial charge in [-0.1, -0.05) is 0 Å². The molecule has 2 aromatic rings. The molecule has 2 rings (SSSR count). The van der Waals surface area contributed by atoms with Crippen molar-refractivity contribution in [2.24, 2.45) is 5.73 Å². The number of rotatable bonds is 5. The van der Waals surface area contributed by atoms with E-state index in [4.69, 9.17) is 5.73 Å². The van der Waals surface area contributed by atoms with E-state index in [0.29, 0.717) is 0 Å². The second-order valence-electron chi connectivity index (χ2n) is 4.79. The molecule has 0 fully saturated rings. The molecule has 1 unspecified atom stereocenters. The van der Waals surface area contributed by atoms with Crippen molar-refractivity contribution in [2.75, 3.05) is 5.75 Å². The molecule has 0 bridgehead atoms. The van der Waals surface area contributed by atoms with Crippen molar-refractivity contribution >= 4 is 41.7 Å². The molecule has 0 spiro atoms. The first kappa shape index (κ1) is 15.2. The van der Waals surface area contributed by atoms with Crippen LogP contribution in [-0.2, 0) is 0 Å². The molecule has 1 atom stereocenters. The van der Waals surface area contributed by atoms with Crippen molar-refractivity contribution in [3.8, 4) is 0 Å².